The van der Waals surface area contributed by atoms with Crippen LogP contribution in [0.5, 0.6) is 0 Å². The van der Waals surface area contributed by atoms with E-state index in [0.29, 0.717) is 17.9 Å². The monoisotopic (exact) mass is 367 g/mol. The van der Waals surface area contributed by atoms with Gasteiger partial charge in [0, 0.05) is 10.5 Å². The number of nitrogens with one attached hydrogen (secondary N) is 1. The number of aromatic nitrogens is 2. The maximum atomic E-state index is 12.4. The first kappa shape index (κ1) is 18.2. The standard InChI is InChI=1S/C20H21N3O2S/c1-4-26-16-8-6-15(7-9-16)12-18-22-23-20(25-18)21-19(24)17-10-5-13(2)11-14(17)3/h5-11H,4,12H2,1-3H3,(H,21,23,24). The molecule has 3 aromatic rings. The molecule has 1 heterocycles. The molecule has 0 saturated carbocycles. The lowest BCUT2D eigenvalue weighted by atomic mass is 10.1. The van der Waals surface area contributed by atoms with Crippen molar-refractivity contribution in [2.45, 2.75) is 32.1 Å². The van der Waals surface area contributed by atoms with Gasteiger partial charge in [0.25, 0.3) is 5.91 Å². The van der Waals surface area contributed by atoms with E-state index in [0.717, 1.165) is 22.4 Å². The minimum absolute atomic E-state index is 0.114. The Morgan fingerprint density at radius 1 is 1.12 bits per heavy atom. The zero-order valence-corrected chi connectivity index (χ0v) is 15.9. The van der Waals surface area contributed by atoms with Crippen molar-refractivity contribution < 1.29 is 9.21 Å². The molecule has 0 aliphatic carbocycles. The lowest BCUT2D eigenvalue weighted by Crippen LogP contribution is -2.13. The third kappa shape index (κ3) is 4.52. The van der Waals surface area contributed by atoms with E-state index in [-0.39, 0.29) is 11.9 Å². The molecule has 6 heteroatoms. The first-order valence-electron chi connectivity index (χ1n) is 8.48. The zero-order chi connectivity index (χ0) is 18.5. The van der Waals surface area contributed by atoms with Crippen LogP contribution >= 0.6 is 11.8 Å². The van der Waals surface area contributed by atoms with E-state index in [1.54, 1.807) is 17.8 Å². The molecule has 0 saturated heterocycles. The van der Waals surface area contributed by atoms with Gasteiger partial charge >= 0.3 is 6.01 Å². The van der Waals surface area contributed by atoms with E-state index in [9.17, 15) is 4.79 Å². The SMILES string of the molecule is CCSc1ccc(Cc2nnc(NC(=O)c3ccc(C)cc3C)o2)cc1. The Balaban J connectivity index is 1.65. The van der Waals surface area contributed by atoms with Gasteiger partial charge in [-0.05, 0) is 48.9 Å². The Labute approximate surface area is 157 Å². The van der Waals surface area contributed by atoms with Crippen LogP contribution in [0.3, 0.4) is 0 Å². The van der Waals surface area contributed by atoms with Crippen molar-refractivity contribution in [1.82, 2.24) is 10.2 Å². The molecule has 0 aliphatic heterocycles. The summed E-state index contributed by atoms with van der Waals surface area (Å²) in [5.74, 6) is 1.27. The summed E-state index contributed by atoms with van der Waals surface area (Å²) in [5.41, 5.74) is 3.70. The van der Waals surface area contributed by atoms with Gasteiger partial charge in [0.05, 0.1) is 6.42 Å². The molecule has 1 amide bonds. The minimum Gasteiger partial charge on any atom is -0.407 e. The molecule has 1 N–H and O–H groups in total. The Kier molecular flexibility index (Phi) is 5.73. The van der Waals surface area contributed by atoms with Gasteiger partial charge in [0.15, 0.2) is 0 Å². The Hall–Kier alpha value is -2.60. The molecule has 3 rings (SSSR count). The van der Waals surface area contributed by atoms with E-state index in [1.165, 1.54) is 4.90 Å². The van der Waals surface area contributed by atoms with Gasteiger partial charge in [-0.1, -0.05) is 41.9 Å². The van der Waals surface area contributed by atoms with Crippen molar-refractivity contribution in [2.24, 2.45) is 0 Å². The quantitative estimate of drug-likeness (QED) is 0.643. The normalized spacial score (nSPS) is 10.7. The molecule has 0 bridgehead atoms. The molecular formula is C20H21N3O2S. The summed E-state index contributed by atoms with van der Waals surface area (Å²) in [4.78, 5) is 13.6. The van der Waals surface area contributed by atoms with E-state index < -0.39 is 0 Å². The number of anilines is 1. The number of thioether (sulfide) groups is 1. The largest absolute Gasteiger partial charge is 0.407 e. The van der Waals surface area contributed by atoms with Crippen LogP contribution in [0.1, 0.15) is 39.9 Å². The summed E-state index contributed by atoms with van der Waals surface area (Å²) < 4.78 is 5.56. The van der Waals surface area contributed by atoms with Crippen LogP contribution in [0.2, 0.25) is 0 Å². The van der Waals surface area contributed by atoms with E-state index >= 15 is 0 Å². The number of carbonyl (C=O) groups is 1. The van der Waals surface area contributed by atoms with Crippen LogP contribution < -0.4 is 5.32 Å². The zero-order valence-electron chi connectivity index (χ0n) is 15.1. The summed E-state index contributed by atoms with van der Waals surface area (Å²) >= 11 is 1.80. The number of carbonyl (C=O) groups excluding carboxylic acids is 1. The summed E-state index contributed by atoms with van der Waals surface area (Å²) in [5, 5.41) is 10.6. The molecule has 5 nitrogen and oxygen atoms in total. The van der Waals surface area contributed by atoms with Crippen molar-refractivity contribution in [3.8, 4) is 0 Å². The van der Waals surface area contributed by atoms with Crippen molar-refractivity contribution >= 4 is 23.7 Å². The van der Waals surface area contributed by atoms with Gasteiger partial charge in [0.2, 0.25) is 5.89 Å². The Morgan fingerprint density at radius 2 is 1.88 bits per heavy atom. The highest BCUT2D eigenvalue weighted by Gasteiger charge is 2.14. The van der Waals surface area contributed by atoms with Gasteiger partial charge in [0.1, 0.15) is 0 Å². The lowest BCUT2D eigenvalue weighted by molar-refractivity contribution is 0.102. The number of amides is 1. The van der Waals surface area contributed by atoms with Gasteiger partial charge in [-0.25, -0.2) is 0 Å². The molecule has 0 radical (unpaired) electrons. The van der Waals surface area contributed by atoms with Crippen molar-refractivity contribution in [1.29, 1.82) is 0 Å². The van der Waals surface area contributed by atoms with Gasteiger partial charge < -0.3 is 4.42 Å². The molecular weight excluding hydrogens is 346 g/mol. The molecule has 26 heavy (non-hydrogen) atoms. The van der Waals surface area contributed by atoms with Gasteiger partial charge in [-0.3, -0.25) is 10.1 Å². The minimum atomic E-state index is -0.251. The fourth-order valence-corrected chi connectivity index (χ4v) is 3.32. The second-order valence-corrected chi connectivity index (χ2v) is 7.36. The predicted molar refractivity (Wildman–Crippen MR) is 104 cm³/mol. The lowest BCUT2D eigenvalue weighted by Gasteiger charge is -2.05. The van der Waals surface area contributed by atoms with E-state index in [2.05, 4.69) is 46.7 Å². The van der Waals surface area contributed by atoms with Crippen LogP contribution in [0.4, 0.5) is 6.01 Å². The highest BCUT2D eigenvalue weighted by molar-refractivity contribution is 7.99. The average molecular weight is 367 g/mol. The second kappa shape index (κ2) is 8.19. The Morgan fingerprint density at radius 3 is 2.58 bits per heavy atom. The predicted octanol–water partition coefficient (Wildman–Crippen LogP) is 4.64. The molecule has 0 fully saturated rings. The third-order valence-corrected chi connectivity index (χ3v) is 4.80. The summed E-state index contributed by atoms with van der Waals surface area (Å²) in [6.07, 6.45) is 0.531. The summed E-state index contributed by atoms with van der Waals surface area (Å²) in [6.45, 7) is 6.03. The van der Waals surface area contributed by atoms with Gasteiger partial charge in [-0.2, -0.15) is 0 Å². The number of nitrogens with zero attached hydrogens (tertiary/aromatic N) is 2. The average Bonchev–Trinajstić information content (AvgIpc) is 3.03. The fraction of sp³-hybridized carbons (Fsp3) is 0.250. The first-order chi connectivity index (χ1) is 12.5. The van der Waals surface area contributed by atoms with E-state index in [4.69, 9.17) is 4.42 Å². The van der Waals surface area contributed by atoms with Gasteiger partial charge in [-0.15, -0.1) is 16.9 Å². The fourth-order valence-electron chi connectivity index (χ4n) is 2.65. The second-order valence-electron chi connectivity index (χ2n) is 6.03. The van der Waals surface area contributed by atoms with Crippen molar-refractivity contribution in [2.75, 3.05) is 11.1 Å². The first-order valence-corrected chi connectivity index (χ1v) is 9.46. The third-order valence-electron chi connectivity index (χ3n) is 3.90. The number of benzene rings is 2. The van der Waals surface area contributed by atoms with Crippen molar-refractivity contribution in [3.63, 3.8) is 0 Å². The maximum Gasteiger partial charge on any atom is 0.322 e. The molecule has 0 spiro atoms. The van der Waals surface area contributed by atoms with Crippen LogP contribution in [0, 0.1) is 13.8 Å². The van der Waals surface area contributed by atoms with Crippen LogP contribution in [0.15, 0.2) is 51.8 Å². The van der Waals surface area contributed by atoms with Crippen molar-refractivity contribution in [3.05, 3.63) is 70.6 Å². The number of hydrogen-bond acceptors (Lipinski definition) is 5. The number of hydrogen-bond donors (Lipinski definition) is 1. The molecule has 1 aromatic heterocycles. The maximum absolute atomic E-state index is 12.4. The smallest absolute Gasteiger partial charge is 0.322 e. The van der Waals surface area contributed by atoms with E-state index in [1.807, 2.05) is 26.0 Å². The molecule has 0 unspecified atom stereocenters. The number of rotatable bonds is 6. The molecule has 0 aliphatic rings. The topological polar surface area (TPSA) is 68.0 Å². The number of aryl methyl sites for hydroxylation is 2. The highest BCUT2D eigenvalue weighted by Crippen LogP contribution is 2.19. The van der Waals surface area contributed by atoms with Crippen LogP contribution in [-0.2, 0) is 6.42 Å². The summed E-state index contributed by atoms with van der Waals surface area (Å²) in [6, 6.07) is 14.1. The highest BCUT2D eigenvalue weighted by atomic mass is 32.2. The van der Waals surface area contributed by atoms with Crippen LogP contribution in [0.25, 0.3) is 0 Å². The molecule has 2 aromatic carbocycles. The van der Waals surface area contributed by atoms with Crippen LogP contribution in [-0.4, -0.2) is 21.9 Å². The molecule has 134 valence electrons. The Bertz CT molecular complexity index is 904. The molecule has 0 atom stereocenters. The summed E-state index contributed by atoms with van der Waals surface area (Å²) in [7, 11) is 0.